The molecule has 1 aromatic heterocycles. The molecule has 0 saturated heterocycles. The number of hydrazine groups is 1. The molecule has 0 saturated carbocycles. The lowest BCUT2D eigenvalue weighted by atomic mass is 10.0. The number of hydrogen-bond donors (Lipinski definition) is 2. The quantitative estimate of drug-likeness (QED) is 0.634. The summed E-state index contributed by atoms with van der Waals surface area (Å²) in [6.07, 6.45) is 1.90. The monoisotopic (exact) mass is 312 g/mol. The van der Waals surface area contributed by atoms with Crippen LogP contribution in [0.15, 0.2) is 18.2 Å². The van der Waals surface area contributed by atoms with Gasteiger partial charge in [0, 0.05) is 0 Å². The summed E-state index contributed by atoms with van der Waals surface area (Å²) in [5.74, 6) is 6.34. The Hall–Kier alpha value is -1.21. The van der Waals surface area contributed by atoms with E-state index in [1.165, 1.54) is 11.5 Å². The second kappa shape index (κ2) is 6.99. The number of nitrogens with one attached hydrogen (secondary N) is 1. The predicted octanol–water partition coefficient (Wildman–Crippen LogP) is 2.71. The van der Waals surface area contributed by atoms with Crippen molar-refractivity contribution in [3.8, 4) is 5.75 Å². The molecule has 20 heavy (non-hydrogen) atoms. The summed E-state index contributed by atoms with van der Waals surface area (Å²) in [5.41, 5.74) is 4.77. The van der Waals surface area contributed by atoms with Crippen molar-refractivity contribution in [3.05, 3.63) is 39.4 Å². The predicted molar refractivity (Wildman–Crippen MR) is 81.1 cm³/mol. The molecule has 0 radical (unpaired) electrons. The Morgan fingerprint density at radius 3 is 2.95 bits per heavy atom. The summed E-state index contributed by atoms with van der Waals surface area (Å²) in [4.78, 5) is 1.03. The number of methoxy groups -OCH3 is 1. The second-order valence-corrected chi connectivity index (χ2v) is 5.52. The van der Waals surface area contributed by atoms with Crippen LogP contribution in [0.1, 0.15) is 35.5 Å². The summed E-state index contributed by atoms with van der Waals surface area (Å²) in [7, 11) is 1.59. The van der Waals surface area contributed by atoms with Gasteiger partial charge in [0.2, 0.25) is 0 Å². The van der Waals surface area contributed by atoms with Crippen molar-refractivity contribution < 1.29 is 4.74 Å². The average Bonchev–Trinajstić information content (AvgIpc) is 2.90. The van der Waals surface area contributed by atoms with E-state index in [-0.39, 0.29) is 6.04 Å². The van der Waals surface area contributed by atoms with Gasteiger partial charge in [0.1, 0.15) is 5.75 Å². The Bertz CT molecular complexity index is 575. The van der Waals surface area contributed by atoms with Gasteiger partial charge in [-0.1, -0.05) is 35.5 Å². The standard InChI is InChI=1S/C13H17ClN4OS/c1-3-4-10-13(20-18-17-10)12(16-15)8-5-6-9(14)11(7-8)19-2/h5-7,12,16H,3-4,15H2,1-2H3. The van der Waals surface area contributed by atoms with Gasteiger partial charge in [-0.15, -0.1) is 5.10 Å². The van der Waals surface area contributed by atoms with E-state index in [9.17, 15) is 0 Å². The first kappa shape index (κ1) is 15.2. The van der Waals surface area contributed by atoms with Gasteiger partial charge in [0.05, 0.1) is 28.7 Å². The van der Waals surface area contributed by atoms with E-state index in [4.69, 9.17) is 22.2 Å². The van der Waals surface area contributed by atoms with Crippen LogP contribution in [0.2, 0.25) is 5.02 Å². The van der Waals surface area contributed by atoms with E-state index in [1.807, 2.05) is 12.1 Å². The fourth-order valence-corrected chi connectivity index (χ4v) is 3.00. The van der Waals surface area contributed by atoms with Crippen LogP contribution in [0.4, 0.5) is 0 Å². The maximum atomic E-state index is 6.05. The third-order valence-corrected chi connectivity index (χ3v) is 4.15. The van der Waals surface area contributed by atoms with Gasteiger partial charge >= 0.3 is 0 Å². The van der Waals surface area contributed by atoms with Crippen LogP contribution in [-0.2, 0) is 6.42 Å². The summed E-state index contributed by atoms with van der Waals surface area (Å²) >= 11 is 7.41. The van der Waals surface area contributed by atoms with E-state index in [2.05, 4.69) is 21.9 Å². The SMILES string of the molecule is CCCc1nnsc1C(NN)c1ccc(Cl)c(OC)c1. The molecule has 108 valence electrons. The molecule has 0 aliphatic heterocycles. The van der Waals surface area contributed by atoms with Gasteiger partial charge in [0.25, 0.3) is 0 Å². The van der Waals surface area contributed by atoms with Gasteiger partial charge < -0.3 is 4.74 Å². The second-order valence-electron chi connectivity index (χ2n) is 4.33. The lowest BCUT2D eigenvalue weighted by Crippen LogP contribution is -2.29. The Morgan fingerprint density at radius 1 is 1.50 bits per heavy atom. The molecule has 0 aliphatic carbocycles. The van der Waals surface area contributed by atoms with Crippen molar-refractivity contribution in [2.45, 2.75) is 25.8 Å². The van der Waals surface area contributed by atoms with Crippen molar-refractivity contribution in [2.75, 3.05) is 7.11 Å². The van der Waals surface area contributed by atoms with E-state index in [1.54, 1.807) is 13.2 Å². The highest BCUT2D eigenvalue weighted by molar-refractivity contribution is 7.05. The minimum Gasteiger partial charge on any atom is -0.495 e. The van der Waals surface area contributed by atoms with Crippen molar-refractivity contribution in [2.24, 2.45) is 5.84 Å². The highest BCUT2D eigenvalue weighted by Gasteiger charge is 2.20. The zero-order chi connectivity index (χ0) is 14.5. The molecule has 2 rings (SSSR count). The zero-order valence-corrected chi connectivity index (χ0v) is 13.0. The molecule has 0 fully saturated rings. The van der Waals surface area contributed by atoms with Gasteiger partial charge in [-0.05, 0) is 35.6 Å². The van der Waals surface area contributed by atoms with Crippen molar-refractivity contribution in [3.63, 3.8) is 0 Å². The van der Waals surface area contributed by atoms with Crippen LogP contribution >= 0.6 is 23.1 Å². The number of ether oxygens (including phenoxy) is 1. The van der Waals surface area contributed by atoms with Crippen LogP contribution in [0.3, 0.4) is 0 Å². The van der Waals surface area contributed by atoms with E-state index in [0.717, 1.165) is 29.0 Å². The molecule has 1 unspecified atom stereocenters. The summed E-state index contributed by atoms with van der Waals surface area (Å²) in [6, 6.07) is 5.43. The van der Waals surface area contributed by atoms with Gasteiger partial charge in [0.15, 0.2) is 0 Å². The molecular formula is C13H17ClN4OS. The number of aryl methyl sites for hydroxylation is 1. The number of rotatable bonds is 6. The van der Waals surface area contributed by atoms with Gasteiger partial charge in [-0.2, -0.15) is 0 Å². The molecule has 3 N–H and O–H groups in total. The van der Waals surface area contributed by atoms with Crippen molar-refractivity contribution >= 4 is 23.1 Å². The number of halogens is 1. The first-order chi connectivity index (χ1) is 9.71. The number of aromatic nitrogens is 2. The maximum absolute atomic E-state index is 6.05. The first-order valence-corrected chi connectivity index (χ1v) is 7.47. The number of nitrogens with two attached hydrogens (primary N) is 1. The van der Waals surface area contributed by atoms with Crippen molar-refractivity contribution in [1.82, 2.24) is 15.0 Å². The smallest absolute Gasteiger partial charge is 0.137 e. The molecule has 2 aromatic rings. The maximum Gasteiger partial charge on any atom is 0.137 e. The number of nitrogens with zero attached hydrogens (tertiary/aromatic N) is 2. The largest absolute Gasteiger partial charge is 0.495 e. The average molecular weight is 313 g/mol. The Morgan fingerprint density at radius 2 is 2.30 bits per heavy atom. The minimum atomic E-state index is -0.164. The molecule has 1 aromatic carbocycles. The van der Waals surface area contributed by atoms with Crippen molar-refractivity contribution in [1.29, 1.82) is 0 Å². The zero-order valence-electron chi connectivity index (χ0n) is 11.4. The molecule has 0 bridgehead atoms. The Labute approximate surface area is 127 Å². The van der Waals surface area contributed by atoms with Crippen LogP contribution in [0.25, 0.3) is 0 Å². The van der Waals surface area contributed by atoms with Crippen LogP contribution in [-0.4, -0.2) is 16.7 Å². The molecule has 5 nitrogen and oxygen atoms in total. The molecule has 0 spiro atoms. The van der Waals surface area contributed by atoms with E-state index in [0.29, 0.717) is 10.8 Å². The molecule has 0 amide bonds. The summed E-state index contributed by atoms with van der Waals surface area (Å²) < 4.78 is 9.28. The third kappa shape index (κ3) is 3.09. The van der Waals surface area contributed by atoms with Gasteiger partial charge in [-0.25, -0.2) is 5.43 Å². The number of benzene rings is 1. The normalized spacial score (nSPS) is 12.4. The molecule has 1 atom stereocenters. The van der Waals surface area contributed by atoms with E-state index < -0.39 is 0 Å². The summed E-state index contributed by atoms with van der Waals surface area (Å²) in [6.45, 7) is 2.11. The lowest BCUT2D eigenvalue weighted by molar-refractivity contribution is 0.414. The van der Waals surface area contributed by atoms with Crippen LogP contribution < -0.4 is 16.0 Å². The Balaban J connectivity index is 2.39. The van der Waals surface area contributed by atoms with Crippen LogP contribution in [0.5, 0.6) is 5.75 Å². The third-order valence-electron chi connectivity index (χ3n) is 3.01. The first-order valence-electron chi connectivity index (χ1n) is 6.32. The summed E-state index contributed by atoms with van der Waals surface area (Å²) in [5, 5.41) is 4.75. The molecule has 0 aliphatic rings. The molecular weight excluding hydrogens is 296 g/mol. The minimum absolute atomic E-state index is 0.164. The fraction of sp³-hybridized carbons (Fsp3) is 0.385. The molecule has 7 heteroatoms. The topological polar surface area (TPSA) is 73.1 Å². The Kier molecular flexibility index (Phi) is 5.31. The number of hydrogen-bond acceptors (Lipinski definition) is 6. The van der Waals surface area contributed by atoms with Crippen LogP contribution in [0, 0.1) is 0 Å². The van der Waals surface area contributed by atoms with Gasteiger partial charge in [-0.3, -0.25) is 5.84 Å². The lowest BCUT2D eigenvalue weighted by Gasteiger charge is -2.16. The molecule has 1 heterocycles. The fourth-order valence-electron chi connectivity index (χ4n) is 2.02. The highest BCUT2D eigenvalue weighted by Crippen LogP contribution is 2.32. The van der Waals surface area contributed by atoms with E-state index >= 15 is 0 Å². The highest BCUT2D eigenvalue weighted by atomic mass is 35.5.